The third-order valence-corrected chi connectivity index (χ3v) is 8.80. The zero-order valence-corrected chi connectivity index (χ0v) is 24.6. The Morgan fingerprint density at radius 1 is 1.11 bits per heavy atom. The molecule has 1 N–H and O–H groups in total. The standard InChI is InChI=1S/C31H44ClFN4O/c1-21(2)36(22(3)4)14-15-37(30(38)34-26-10-11-29(33)28(32)18-26)27-12-13-31(19-25(31)17-27)24-9-7-8-23(16-24)20-35(5)6/h7-11,16,18,21-22,25,27H,12-15,17,19-20H2,1-6H3,(H,34,38)/t25?,27?,31-/m1/s1. The highest BCUT2D eigenvalue weighted by molar-refractivity contribution is 6.31. The van der Waals surface area contributed by atoms with E-state index in [4.69, 9.17) is 11.6 Å². The lowest BCUT2D eigenvalue weighted by molar-refractivity contribution is 0.120. The van der Waals surface area contributed by atoms with Gasteiger partial charge in [0.05, 0.1) is 5.02 Å². The minimum atomic E-state index is -0.488. The topological polar surface area (TPSA) is 38.8 Å². The molecule has 3 atom stereocenters. The van der Waals surface area contributed by atoms with E-state index in [1.54, 1.807) is 6.07 Å². The van der Waals surface area contributed by atoms with Crippen LogP contribution in [0.1, 0.15) is 64.5 Å². The molecule has 0 radical (unpaired) electrons. The lowest BCUT2D eigenvalue weighted by atomic mass is 9.80. The fourth-order valence-corrected chi connectivity index (χ4v) is 6.73. The molecule has 2 unspecified atom stereocenters. The van der Waals surface area contributed by atoms with Crippen molar-refractivity contribution in [2.24, 2.45) is 5.92 Å². The summed E-state index contributed by atoms with van der Waals surface area (Å²) in [4.78, 5) is 20.3. The Kier molecular flexibility index (Phi) is 9.06. The smallest absolute Gasteiger partial charge is 0.320 e. The van der Waals surface area contributed by atoms with Crippen LogP contribution >= 0.6 is 11.6 Å². The molecule has 7 heteroatoms. The number of fused-ring (bicyclic) bond motifs is 1. The van der Waals surface area contributed by atoms with Crippen molar-refractivity contribution >= 4 is 23.3 Å². The fraction of sp³-hybridized carbons (Fsp3) is 0.581. The van der Waals surface area contributed by atoms with Crippen LogP contribution < -0.4 is 5.32 Å². The van der Waals surface area contributed by atoms with Crippen LogP contribution in [-0.4, -0.2) is 66.0 Å². The number of rotatable bonds is 10. The quantitative estimate of drug-likeness (QED) is 0.351. The van der Waals surface area contributed by atoms with Crippen LogP contribution in [0.15, 0.2) is 42.5 Å². The second-order valence-electron chi connectivity index (χ2n) is 12.1. The number of carbonyl (C=O) groups is 1. The van der Waals surface area contributed by atoms with Gasteiger partial charge < -0.3 is 15.1 Å². The molecule has 4 rings (SSSR count). The zero-order valence-electron chi connectivity index (χ0n) is 23.8. The molecular weight excluding hydrogens is 499 g/mol. The first-order valence-corrected chi connectivity index (χ1v) is 14.4. The van der Waals surface area contributed by atoms with Crippen molar-refractivity contribution in [3.05, 3.63) is 64.4 Å². The molecule has 0 spiro atoms. The van der Waals surface area contributed by atoms with Crippen molar-refractivity contribution in [3.8, 4) is 0 Å². The molecule has 2 aliphatic carbocycles. The van der Waals surface area contributed by atoms with E-state index in [1.165, 1.54) is 29.7 Å². The Bertz CT molecular complexity index is 1110. The molecule has 0 aromatic heterocycles. The van der Waals surface area contributed by atoms with E-state index in [2.05, 4.69) is 81.2 Å². The van der Waals surface area contributed by atoms with Crippen molar-refractivity contribution in [2.75, 3.05) is 32.5 Å². The van der Waals surface area contributed by atoms with Gasteiger partial charge in [0.2, 0.25) is 0 Å². The molecule has 5 nitrogen and oxygen atoms in total. The molecule has 2 saturated carbocycles. The number of carbonyl (C=O) groups excluding carboxylic acids is 1. The van der Waals surface area contributed by atoms with E-state index >= 15 is 0 Å². The molecule has 2 aromatic rings. The van der Waals surface area contributed by atoms with E-state index in [0.717, 1.165) is 32.4 Å². The average molecular weight is 543 g/mol. The molecule has 208 valence electrons. The van der Waals surface area contributed by atoms with Gasteiger partial charge in [-0.05, 0) is 108 Å². The first-order valence-electron chi connectivity index (χ1n) is 14.0. The van der Waals surface area contributed by atoms with Gasteiger partial charge in [-0.2, -0.15) is 0 Å². The van der Waals surface area contributed by atoms with Gasteiger partial charge in [-0.3, -0.25) is 4.90 Å². The average Bonchev–Trinajstić information content (AvgIpc) is 3.58. The lowest BCUT2D eigenvalue weighted by Gasteiger charge is -2.39. The van der Waals surface area contributed by atoms with E-state index in [9.17, 15) is 9.18 Å². The van der Waals surface area contributed by atoms with Crippen LogP contribution in [0.25, 0.3) is 0 Å². The number of amides is 2. The van der Waals surface area contributed by atoms with Gasteiger partial charge in [-0.15, -0.1) is 0 Å². The normalized spacial score (nSPS) is 22.7. The summed E-state index contributed by atoms with van der Waals surface area (Å²) in [5.74, 6) is 0.107. The molecule has 2 aliphatic rings. The molecule has 2 amide bonds. The fourth-order valence-electron chi connectivity index (χ4n) is 6.55. The maximum absolute atomic E-state index is 13.7. The third-order valence-electron chi connectivity index (χ3n) is 8.51. The third kappa shape index (κ3) is 6.52. The van der Waals surface area contributed by atoms with Crippen LogP contribution in [0.3, 0.4) is 0 Å². The number of anilines is 1. The predicted molar refractivity (Wildman–Crippen MR) is 155 cm³/mol. The second-order valence-corrected chi connectivity index (χ2v) is 12.5. The Balaban J connectivity index is 1.50. The number of benzene rings is 2. The zero-order chi connectivity index (χ0) is 27.6. The van der Waals surface area contributed by atoms with E-state index in [1.807, 2.05) is 4.90 Å². The van der Waals surface area contributed by atoms with E-state index < -0.39 is 5.82 Å². The van der Waals surface area contributed by atoms with Gasteiger partial charge in [0, 0.05) is 43.4 Å². The minimum absolute atomic E-state index is 0.0112. The molecule has 0 bridgehead atoms. The molecule has 2 aromatic carbocycles. The summed E-state index contributed by atoms with van der Waals surface area (Å²) in [6, 6.07) is 14.3. The first-order chi connectivity index (χ1) is 18.0. The Labute approximate surface area is 233 Å². The van der Waals surface area contributed by atoms with E-state index in [-0.39, 0.29) is 22.5 Å². The van der Waals surface area contributed by atoms with Crippen LogP contribution in [0, 0.1) is 11.7 Å². The summed E-state index contributed by atoms with van der Waals surface area (Å²) in [5.41, 5.74) is 3.59. The van der Waals surface area contributed by atoms with Crippen LogP contribution in [-0.2, 0) is 12.0 Å². The monoisotopic (exact) mass is 542 g/mol. The molecule has 38 heavy (non-hydrogen) atoms. The second kappa shape index (κ2) is 11.9. The predicted octanol–water partition coefficient (Wildman–Crippen LogP) is 7.00. The highest BCUT2D eigenvalue weighted by atomic mass is 35.5. The van der Waals surface area contributed by atoms with Crippen molar-refractivity contribution in [2.45, 2.75) is 83.5 Å². The number of halogens is 2. The summed E-state index contributed by atoms with van der Waals surface area (Å²) in [5, 5.41) is 3.01. The maximum Gasteiger partial charge on any atom is 0.322 e. The van der Waals surface area contributed by atoms with Crippen molar-refractivity contribution in [1.82, 2.24) is 14.7 Å². The Morgan fingerprint density at radius 2 is 1.84 bits per heavy atom. The van der Waals surface area contributed by atoms with Crippen LogP contribution in [0.4, 0.5) is 14.9 Å². The van der Waals surface area contributed by atoms with Crippen LogP contribution in [0.2, 0.25) is 5.02 Å². The number of urea groups is 1. The molecule has 2 fully saturated rings. The van der Waals surface area contributed by atoms with Gasteiger partial charge in [-0.25, -0.2) is 9.18 Å². The van der Waals surface area contributed by atoms with Gasteiger partial charge in [0.15, 0.2) is 0 Å². The van der Waals surface area contributed by atoms with Crippen molar-refractivity contribution < 1.29 is 9.18 Å². The molecular formula is C31H44ClFN4O. The highest BCUT2D eigenvalue weighted by Gasteiger charge is 2.58. The maximum atomic E-state index is 13.7. The van der Waals surface area contributed by atoms with Gasteiger partial charge in [0.25, 0.3) is 0 Å². The van der Waals surface area contributed by atoms with Crippen molar-refractivity contribution in [3.63, 3.8) is 0 Å². The molecule has 0 aliphatic heterocycles. The summed E-state index contributed by atoms with van der Waals surface area (Å²) in [6.45, 7) is 11.2. The van der Waals surface area contributed by atoms with Crippen LogP contribution in [0.5, 0.6) is 0 Å². The summed E-state index contributed by atoms with van der Waals surface area (Å²) < 4.78 is 13.7. The minimum Gasteiger partial charge on any atom is -0.320 e. The Morgan fingerprint density at radius 3 is 2.47 bits per heavy atom. The number of nitrogens with zero attached hydrogens (tertiary/aromatic N) is 3. The summed E-state index contributed by atoms with van der Waals surface area (Å²) in [7, 11) is 4.21. The largest absolute Gasteiger partial charge is 0.322 e. The first kappa shape index (κ1) is 28.8. The van der Waals surface area contributed by atoms with Gasteiger partial charge in [-0.1, -0.05) is 35.9 Å². The summed E-state index contributed by atoms with van der Waals surface area (Å²) >= 11 is 5.99. The summed E-state index contributed by atoms with van der Waals surface area (Å²) in [6.07, 6.45) is 4.29. The van der Waals surface area contributed by atoms with Gasteiger partial charge >= 0.3 is 6.03 Å². The molecule has 0 heterocycles. The van der Waals surface area contributed by atoms with Crippen molar-refractivity contribution in [1.29, 1.82) is 0 Å². The van der Waals surface area contributed by atoms with E-state index in [0.29, 0.717) is 30.2 Å². The molecule has 0 saturated heterocycles. The van der Waals surface area contributed by atoms with Gasteiger partial charge in [0.1, 0.15) is 5.82 Å². The number of nitrogens with one attached hydrogen (secondary N) is 1. The number of hydrogen-bond donors (Lipinski definition) is 1. The number of hydrogen-bond acceptors (Lipinski definition) is 3. The lowest BCUT2D eigenvalue weighted by Crippen LogP contribution is -2.50. The highest BCUT2D eigenvalue weighted by Crippen LogP contribution is 2.63. The Hall–Kier alpha value is -2.15. The SMILES string of the molecule is CC(C)N(CCN(C(=O)Nc1ccc(F)c(Cl)c1)C1CC[C@]2(c3cccc(CN(C)C)c3)CC2C1)C(C)C.